The highest BCUT2D eigenvalue weighted by Crippen LogP contribution is 2.20. The van der Waals surface area contributed by atoms with Crippen molar-refractivity contribution in [3.8, 4) is 0 Å². The molecule has 2 N–H and O–H groups in total. The van der Waals surface area contributed by atoms with Crippen molar-refractivity contribution in [1.29, 1.82) is 0 Å². The summed E-state index contributed by atoms with van der Waals surface area (Å²) in [6.45, 7) is 6.46. The molecule has 0 fully saturated rings. The van der Waals surface area contributed by atoms with Crippen molar-refractivity contribution in [1.82, 2.24) is 5.32 Å². The normalized spacial score (nSPS) is 11.8. The lowest BCUT2D eigenvalue weighted by Gasteiger charge is -2.21. The van der Waals surface area contributed by atoms with Crippen LogP contribution in [-0.4, -0.2) is 5.11 Å². The van der Waals surface area contributed by atoms with Gasteiger partial charge in [-0.25, -0.2) is 0 Å². The van der Waals surface area contributed by atoms with Crippen LogP contribution in [0.15, 0.2) is 48.5 Å². The van der Waals surface area contributed by atoms with Gasteiger partial charge in [-0.05, 0) is 60.8 Å². The molecule has 0 heterocycles. The Bertz CT molecular complexity index is 620. The van der Waals surface area contributed by atoms with Crippen LogP contribution in [-0.2, 0) is 6.42 Å². The second-order valence-electron chi connectivity index (χ2n) is 5.47. The Morgan fingerprint density at radius 1 is 1.05 bits per heavy atom. The maximum Gasteiger partial charge on any atom is 0.171 e. The SMILES string of the molecule is CCc1ccc(NC(=S)NC(CC)c2ccccc2C)cc1. The Morgan fingerprint density at radius 2 is 1.73 bits per heavy atom. The zero-order chi connectivity index (χ0) is 15.9. The van der Waals surface area contributed by atoms with E-state index in [1.54, 1.807) is 0 Å². The molecule has 0 spiro atoms. The Hall–Kier alpha value is -1.87. The number of benzene rings is 2. The van der Waals surface area contributed by atoms with E-state index >= 15 is 0 Å². The van der Waals surface area contributed by atoms with E-state index in [9.17, 15) is 0 Å². The number of thiocarbonyl (C=S) groups is 1. The highest BCUT2D eigenvalue weighted by molar-refractivity contribution is 7.80. The van der Waals surface area contributed by atoms with Crippen LogP contribution in [0, 0.1) is 6.92 Å². The molecule has 0 saturated carbocycles. The average molecular weight is 312 g/mol. The Morgan fingerprint density at radius 3 is 2.32 bits per heavy atom. The lowest BCUT2D eigenvalue weighted by molar-refractivity contribution is 0.625. The van der Waals surface area contributed by atoms with Gasteiger partial charge in [0, 0.05) is 5.69 Å². The summed E-state index contributed by atoms with van der Waals surface area (Å²) >= 11 is 5.46. The van der Waals surface area contributed by atoms with Crippen LogP contribution < -0.4 is 10.6 Å². The third kappa shape index (κ3) is 4.31. The van der Waals surface area contributed by atoms with Crippen LogP contribution in [0.4, 0.5) is 5.69 Å². The van der Waals surface area contributed by atoms with Crippen molar-refractivity contribution in [3.63, 3.8) is 0 Å². The monoisotopic (exact) mass is 312 g/mol. The number of rotatable bonds is 5. The predicted molar refractivity (Wildman–Crippen MR) is 99.4 cm³/mol. The molecule has 0 aromatic heterocycles. The summed E-state index contributed by atoms with van der Waals surface area (Å²) in [6.07, 6.45) is 2.04. The first-order valence-corrected chi connectivity index (χ1v) is 8.26. The van der Waals surface area contributed by atoms with Gasteiger partial charge in [0.1, 0.15) is 0 Å². The predicted octanol–water partition coefficient (Wildman–Crippen LogP) is 5.00. The van der Waals surface area contributed by atoms with Crippen LogP contribution in [0.3, 0.4) is 0 Å². The summed E-state index contributed by atoms with van der Waals surface area (Å²) in [4.78, 5) is 0. The van der Waals surface area contributed by atoms with E-state index in [-0.39, 0.29) is 6.04 Å². The molecule has 3 heteroatoms. The van der Waals surface area contributed by atoms with Crippen molar-refractivity contribution in [2.75, 3.05) is 5.32 Å². The van der Waals surface area contributed by atoms with Gasteiger partial charge in [0.05, 0.1) is 6.04 Å². The molecule has 0 radical (unpaired) electrons. The lowest BCUT2D eigenvalue weighted by Crippen LogP contribution is -2.32. The first kappa shape index (κ1) is 16.5. The Labute approximate surface area is 139 Å². The molecule has 0 amide bonds. The molecule has 2 rings (SSSR count). The molecule has 0 bridgehead atoms. The zero-order valence-electron chi connectivity index (χ0n) is 13.5. The molecule has 0 aliphatic rings. The van der Waals surface area contributed by atoms with Crippen molar-refractivity contribution in [3.05, 3.63) is 65.2 Å². The van der Waals surface area contributed by atoms with Crippen LogP contribution in [0.25, 0.3) is 0 Å². The average Bonchev–Trinajstić information content (AvgIpc) is 2.54. The van der Waals surface area contributed by atoms with Crippen molar-refractivity contribution in [2.24, 2.45) is 0 Å². The fourth-order valence-electron chi connectivity index (χ4n) is 2.53. The van der Waals surface area contributed by atoms with Crippen LogP contribution in [0.5, 0.6) is 0 Å². The van der Waals surface area contributed by atoms with Gasteiger partial charge in [-0.1, -0.05) is 50.2 Å². The van der Waals surface area contributed by atoms with Crippen LogP contribution in [0.1, 0.15) is 43.0 Å². The van der Waals surface area contributed by atoms with Gasteiger partial charge >= 0.3 is 0 Å². The molecule has 0 saturated heterocycles. The summed E-state index contributed by atoms with van der Waals surface area (Å²) < 4.78 is 0. The maximum absolute atomic E-state index is 5.46. The fourth-order valence-corrected chi connectivity index (χ4v) is 2.79. The third-order valence-corrected chi connectivity index (χ3v) is 4.12. The standard InChI is InChI=1S/C19H24N2S/c1-4-15-10-12-16(13-11-15)20-19(22)21-18(5-2)17-9-7-6-8-14(17)3/h6-13,18H,4-5H2,1-3H3,(H2,20,21,22). The van der Waals surface area contributed by atoms with Crippen molar-refractivity contribution >= 4 is 23.0 Å². The van der Waals surface area contributed by atoms with Crippen LogP contribution >= 0.6 is 12.2 Å². The summed E-state index contributed by atoms with van der Waals surface area (Å²) in [5.41, 5.74) is 4.94. The second-order valence-corrected chi connectivity index (χ2v) is 5.87. The first-order valence-electron chi connectivity index (χ1n) is 7.86. The second kappa shape index (κ2) is 7.95. The van der Waals surface area contributed by atoms with Gasteiger partial charge in [-0.2, -0.15) is 0 Å². The minimum atomic E-state index is 0.233. The highest BCUT2D eigenvalue weighted by Gasteiger charge is 2.12. The molecule has 0 aliphatic heterocycles. The van der Waals surface area contributed by atoms with Gasteiger partial charge in [0.2, 0.25) is 0 Å². The molecule has 2 aromatic carbocycles. The largest absolute Gasteiger partial charge is 0.356 e. The molecule has 116 valence electrons. The minimum absolute atomic E-state index is 0.233. The van der Waals surface area contributed by atoms with E-state index in [4.69, 9.17) is 12.2 Å². The fraction of sp³-hybridized carbons (Fsp3) is 0.316. The van der Waals surface area contributed by atoms with E-state index in [2.05, 4.69) is 79.9 Å². The molecule has 2 aromatic rings. The summed E-state index contributed by atoms with van der Waals surface area (Å²) in [6, 6.07) is 17.1. The van der Waals surface area contributed by atoms with E-state index in [0.717, 1.165) is 18.5 Å². The van der Waals surface area contributed by atoms with Gasteiger partial charge < -0.3 is 10.6 Å². The molecule has 1 atom stereocenters. The smallest absolute Gasteiger partial charge is 0.171 e. The maximum atomic E-state index is 5.46. The molecule has 0 aliphatic carbocycles. The number of aryl methyl sites for hydroxylation is 2. The minimum Gasteiger partial charge on any atom is -0.356 e. The Kier molecular flexibility index (Phi) is 5.96. The quantitative estimate of drug-likeness (QED) is 0.760. The number of anilines is 1. The van der Waals surface area contributed by atoms with Crippen molar-refractivity contribution < 1.29 is 0 Å². The lowest BCUT2D eigenvalue weighted by atomic mass is 10.00. The van der Waals surface area contributed by atoms with Gasteiger partial charge in [0.15, 0.2) is 5.11 Å². The molecular formula is C19H24N2S. The molecular weight excluding hydrogens is 288 g/mol. The van der Waals surface area contributed by atoms with E-state index in [0.29, 0.717) is 5.11 Å². The molecule has 1 unspecified atom stereocenters. The Balaban J connectivity index is 2.01. The summed E-state index contributed by atoms with van der Waals surface area (Å²) in [7, 11) is 0. The van der Waals surface area contributed by atoms with Gasteiger partial charge in [-0.15, -0.1) is 0 Å². The summed E-state index contributed by atoms with van der Waals surface area (Å²) in [5, 5.41) is 7.35. The highest BCUT2D eigenvalue weighted by atomic mass is 32.1. The summed E-state index contributed by atoms with van der Waals surface area (Å²) in [5.74, 6) is 0. The van der Waals surface area contributed by atoms with Crippen molar-refractivity contribution in [2.45, 2.75) is 39.7 Å². The van der Waals surface area contributed by atoms with E-state index < -0.39 is 0 Å². The van der Waals surface area contributed by atoms with Gasteiger partial charge in [-0.3, -0.25) is 0 Å². The van der Waals surface area contributed by atoms with Crippen LogP contribution in [0.2, 0.25) is 0 Å². The van der Waals surface area contributed by atoms with E-state index in [1.165, 1.54) is 16.7 Å². The topological polar surface area (TPSA) is 24.1 Å². The molecule has 2 nitrogen and oxygen atoms in total. The zero-order valence-corrected chi connectivity index (χ0v) is 14.3. The first-order chi connectivity index (χ1) is 10.6. The number of hydrogen-bond donors (Lipinski definition) is 2. The van der Waals surface area contributed by atoms with Gasteiger partial charge in [0.25, 0.3) is 0 Å². The van der Waals surface area contributed by atoms with E-state index in [1.807, 2.05) is 0 Å². The number of hydrogen-bond acceptors (Lipinski definition) is 1. The number of nitrogens with one attached hydrogen (secondary N) is 2. The third-order valence-electron chi connectivity index (χ3n) is 3.90. The molecule has 22 heavy (non-hydrogen) atoms.